The van der Waals surface area contributed by atoms with Gasteiger partial charge in [0.15, 0.2) is 5.78 Å². The van der Waals surface area contributed by atoms with Crippen molar-refractivity contribution in [3.05, 3.63) is 23.5 Å². The quantitative estimate of drug-likeness (QED) is 0.773. The van der Waals surface area contributed by atoms with Crippen LogP contribution < -0.4 is 0 Å². The van der Waals surface area contributed by atoms with Gasteiger partial charge in [-0.25, -0.2) is 4.79 Å². The van der Waals surface area contributed by atoms with Crippen molar-refractivity contribution < 1.29 is 14.3 Å². The van der Waals surface area contributed by atoms with Gasteiger partial charge in [0, 0.05) is 23.9 Å². The Kier molecular flexibility index (Phi) is 3.55. The van der Waals surface area contributed by atoms with E-state index in [4.69, 9.17) is 4.74 Å². The van der Waals surface area contributed by atoms with E-state index in [1.165, 1.54) is 7.11 Å². The van der Waals surface area contributed by atoms with Gasteiger partial charge in [-0.3, -0.25) is 4.79 Å². The SMILES string of the molecule is COC(=O)C(C(C)C)n1ccc2c1CCCC2=O. The summed E-state index contributed by atoms with van der Waals surface area (Å²) in [5, 5.41) is 0. The van der Waals surface area contributed by atoms with Gasteiger partial charge in [0.1, 0.15) is 6.04 Å². The highest BCUT2D eigenvalue weighted by Gasteiger charge is 2.30. The lowest BCUT2D eigenvalue weighted by molar-refractivity contribution is -0.146. The highest BCUT2D eigenvalue weighted by Crippen LogP contribution is 2.28. The molecular weight excluding hydrogens is 230 g/mol. The fraction of sp³-hybridized carbons (Fsp3) is 0.571. The van der Waals surface area contributed by atoms with Gasteiger partial charge >= 0.3 is 5.97 Å². The maximum Gasteiger partial charge on any atom is 0.329 e. The molecular formula is C14H19NO3. The summed E-state index contributed by atoms with van der Waals surface area (Å²) in [7, 11) is 1.40. The van der Waals surface area contributed by atoms with Crippen LogP contribution in [-0.4, -0.2) is 23.4 Å². The highest BCUT2D eigenvalue weighted by atomic mass is 16.5. The summed E-state index contributed by atoms with van der Waals surface area (Å²) in [5.74, 6) is 0.0646. The van der Waals surface area contributed by atoms with Crippen LogP contribution >= 0.6 is 0 Å². The molecule has 0 aliphatic heterocycles. The van der Waals surface area contributed by atoms with E-state index >= 15 is 0 Å². The van der Waals surface area contributed by atoms with Gasteiger partial charge in [0.2, 0.25) is 0 Å². The minimum absolute atomic E-state index is 0.131. The second-order valence-electron chi connectivity index (χ2n) is 5.07. The Morgan fingerprint density at radius 2 is 2.11 bits per heavy atom. The first-order valence-electron chi connectivity index (χ1n) is 6.37. The number of ketones is 1. The molecule has 18 heavy (non-hydrogen) atoms. The molecule has 0 saturated carbocycles. The number of nitrogens with zero attached hydrogens (tertiary/aromatic N) is 1. The molecule has 0 spiro atoms. The first-order valence-corrected chi connectivity index (χ1v) is 6.37. The maximum absolute atomic E-state index is 11.9. The average molecular weight is 249 g/mol. The lowest BCUT2D eigenvalue weighted by atomic mass is 9.95. The van der Waals surface area contributed by atoms with Crippen LogP contribution in [0.5, 0.6) is 0 Å². The Balaban J connectivity index is 2.43. The molecule has 0 bridgehead atoms. The Morgan fingerprint density at radius 1 is 1.39 bits per heavy atom. The predicted molar refractivity (Wildman–Crippen MR) is 67.6 cm³/mol. The number of carbonyl (C=O) groups is 2. The fourth-order valence-electron chi connectivity index (χ4n) is 2.64. The molecule has 1 aliphatic carbocycles. The number of methoxy groups -OCH3 is 1. The van der Waals surface area contributed by atoms with E-state index in [1.54, 1.807) is 0 Å². The Bertz CT molecular complexity index is 473. The maximum atomic E-state index is 11.9. The van der Waals surface area contributed by atoms with Crippen LogP contribution in [0.2, 0.25) is 0 Å². The lowest BCUT2D eigenvalue weighted by Gasteiger charge is -2.24. The summed E-state index contributed by atoms with van der Waals surface area (Å²) < 4.78 is 6.79. The molecule has 4 heteroatoms. The van der Waals surface area contributed by atoms with Crippen LogP contribution in [0.1, 0.15) is 48.8 Å². The van der Waals surface area contributed by atoms with Crippen molar-refractivity contribution in [2.45, 2.75) is 39.2 Å². The smallest absolute Gasteiger partial charge is 0.329 e. The molecule has 0 radical (unpaired) electrons. The van der Waals surface area contributed by atoms with E-state index in [0.29, 0.717) is 6.42 Å². The van der Waals surface area contributed by atoms with Gasteiger partial charge in [-0.15, -0.1) is 0 Å². The molecule has 0 amide bonds. The number of ether oxygens (including phenoxy) is 1. The third-order valence-electron chi connectivity index (χ3n) is 3.52. The number of hydrogen-bond donors (Lipinski definition) is 0. The number of esters is 1. The summed E-state index contributed by atoms with van der Waals surface area (Å²) in [6.07, 6.45) is 4.17. The standard InChI is InChI=1S/C14H19NO3/c1-9(2)13(14(17)18-3)15-8-7-10-11(15)5-4-6-12(10)16/h7-9,13H,4-6H2,1-3H3. The van der Waals surface area contributed by atoms with Crippen LogP contribution in [0.15, 0.2) is 12.3 Å². The van der Waals surface area contributed by atoms with Crippen molar-refractivity contribution in [3.63, 3.8) is 0 Å². The second-order valence-corrected chi connectivity index (χ2v) is 5.07. The molecule has 1 atom stereocenters. The molecule has 1 unspecified atom stereocenters. The van der Waals surface area contributed by atoms with Gasteiger partial charge < -0.3 is 9.30 Å². The Morgan fingerprint density at radius 3 is 2.72 bits per heavy atom. The van der Waals surface area contributed by atoms with E-state index in [0.717, 1.165) is 24.1 Å². The average Bonchev–Trinajstić information content (AvgIpc) is 2.74. The van der Waals surface area contributed by atoms with E-state index in [1.807, 2.05) is 30.7 Å². The van der Waals surface area contributed by atoms with Crippen LogP contribution in [0, 0.1) is 5.92 Å². The second kappa shape index (κ2) is 4.96. The number of carbonyl (C=O) groups excluding carboxylic acids is 2. The van der Waals surface area contributed by atoms with Crippen LogP contribution in [0.3, 0.4) is 0 Å². The Hall–Kier alpha value is -1.58. The third-order valence-corrected chi connectivity index (χ3v) is 3.52. The molecule has 0 aromatic carbocycles. The zero-order valence-electron chi connectivity index (χ0n) is 11.1. The van der Waals surface area contributed by atoms with Crippen molar-refractivity contribution >= 4 is 11.8 Å². The lowest BCUT2D eigenvalue weighted by Crippen LogP contribution is -2.27. The predicted octanol–water partition coefficient (Wildman–Crippen LogP) is 2.38. The minimum atomic E-state index is -0.343. The molecule has 4 nitrogen and oxygen atoms in total. The zero-order valence-corrected chi connectivity index (χ0v) is 11.1. The van der Waals surface area contributed by atoms with Gasteiger partial charge in [-0.2, -0.15) is 0 Å². The first-order chi connectivity index (χ1) is 8.56. The molecule has 1 aromatic rings. The molecule has 98 valence electrons. The van der Waals surface area contributed by atoms with Gasteiger partial charge in [-0.05, 0) is 24.8 Å². The molecule has 1 aliphatic rings. The number of fused-ring (bicyclic) bond motifs is 1. The van der Waals surface area contributed by atoms with E-state index < -0.39 is 0 Å². The molecule has 2 rings (SSSR count). The van der Waals surface area contributed by atoms with Crippen molar-refractivity contribution in [1.82, 2.24) is 4.57 Å². The van der Waals surface area contributed by atoms with E-state index in [-0.39, 0.29) is 23.7 Å². The summed E-state index contributed by atoms with van der Waals surface area (Å²) in [6, 6.07) is 1.49. The van der Waals surface area contributed by atoms with Crippen molar-refractivity contribution in [2.24, 2.45) is 5.92 Å². The molecule has 0 fully saturated rings. The van der Waals surface area contributed by atoms with Crippen LogP contribution in [0.4, 0.5) is 0 Å². The summed E-state index contributed by atoms with van der Waals surface area (Å²) in [6.45, 7) is 3.97. The topological polar surface area (TPSA) is 48.3 Å². The summed E-state index contributed by atoms with van der Waals surface area (Å²) in [5.41, 5.74) is 1.76. The van der Waals surface area contributed by atoms with Gasteiger partial charge in [-0.1, -0.05) is 13.8 Å². The first kappa shape index (κ1) is 12.9. The molecule has 0 saturated heterocycles. The Labute approximate surface area is 107 Å². The number of hydrogen-bond acceptors (Lipinski definition) is 3. The number of rotatable bonds is 3. The zero-order chi connectivity index (χ0) is 13.3. The van der Waals surface area contributed by atoms with Gasteiger partial charge in [0.05, 0.1) is 7.11 Å². The fourth-order valence-corrected chi connectivity index (χ4v) is 2.64. The highest BCUT2D eigenvalue weighted by molar-refractivity contribution is 5.98. The van der Waals surface area contributed by atoms with Crippen LogP contribution in [-0.2, 0) is 16.0 Å². The van der Waals surface area contributed by atoms with E-state index in [2.05, 4.69) is 0 Å². The molecule has 1 aromatic heterocycles. The summed E-state index contributed by atoms with van der Waals surface area (Å²) >= 11 is 0. The van der Waals surface area contributed by atoms with Crippen molar-refractivity contribution in [2.75, 3.05) is 7.11 Å². The normalized spacial score (nSPS) is 16.6. The van der Waals surface area contributed by atoms with Gasteiger partial charge in [0.25, 0.3) is 0 Å². The number of Topliss-reactive ketones (excluding diaryl/α,β-unsaturated/α-hetero) is 1. The monoisotopic (exact) mass is 249 g/mol. The van der Waals surface area contributed by atoms with E-state index in [9.17, 15) is 9.59 Å². The third kappa shape index (κ3) is 2.07. The van der Waals surface area contributed by atoms with Crippen molar-refractivity contribution in [1.29, 1.82) is 0 Å². The molecule has 1 heterocycles. The summed E-state index contributed by atoms with van der Waals surface area (Å²) in [4.78, 5) is 23.7. The largest absolute Gasteiger partial charge is 0.467 e. The number of aromatic nitrogens is 1. The molecule has 0 N–H and O–H groups in total. The van der Waals surface area contributed by atoms with Crippen molar-refractivity contribution in [3.8, 4) is 0 Å². The van der Waals surface area contributed by atoms with Crippen LogP contribution in [0.25, 0.3) is 0 Å². The minimum Gasteiger partial charge on any atom is -0.467 e.